The van der Waals surface area contributed by atoms with Gasteiger partial charge in [0.1, 0.15) is 5.82 Å². The summed E-state index contributed by atoms with van der Waals surface area (Å²) in [6.45, 7) is 2.30. The maximum absolute atomic E-state index is 12.7. The van der Waals surface area contributed by atoms with Crippen molar-refractivity contribution in [1.82, 2.24) is 0 Å². The van der Waals surface area contributed by atoms with Crippen LogP contribution in [0.4, 0.5) is 10.1 Å². The van der Waals surface area contributed by atoms with Crippen molar-refractivity contribution in [3.05, 3.63) is 30.1 Å². The van der Waals surface area contributed by atoms with E-state index in [0.717, 1.165) is 18.5 Å². The van der Waals surface area contributed by atoms with E-state index in [2.05, 4.69) is 12.2 Å². The van der Waals surface area contributed by atoms with Gasteiger partial charge in [-0.1, -0.05) is 32.6 Å². The Morgan fingerprint density at radius 3 is 2.47 bits per heavy atom. The second-order valence-corrected chi connectivity index (χ2v) is 4.38. The zero-order chi connectivity index (χ0) is 12.5. The number of anilines is 1. The largest absolute Gasteiger partial charge is 0.394 e. The molecule has 96 valence electrons. The van der Waals surface area contributed by atoms with Crippen molar-refractivity contribution in [3.63, 3.8) is 0 Å². The summed E-state index contributed by atoms with van der Waals surface area (Å²) in [5.74, 6) is -0.237. The lowest BCUT2D eigenvalue weighted by Gasteiger charge is -2.17. The van der Waals surface area contributed by atoms with Crippen LogP contribution in [0, 0.1) is 5.82 Å². The average Bonchev–Trinajstić information content (AvgIpc) is 2.35. The third kappa shape index (κ3) is 5.68. The van der Waals surface area contributed by atoms with Gasteiger partial charge in [0.25, 0.3) is 0 Å². The first-order valence-electron chi connectivity index (χ1n) is 6.39. The van der Waals surface area contributed by atoms with Crippen molar-refractivity contribution < 1.29 is 9.50 Å². The molecule has 2 N–H and O–H groups in total. The predicted octanol–water partition coefficient (Wildman–Crippen LogP) is 3.57. The molecule has 0 saturated carbocycles. The van der Waals surface area contributed by atoms with Gasteiger partial charge in [-0.3, -0.25) is 0 Å². The smallest absolute Gasteiger partial charge is 0.123 e. The molecule has 0 aromatic heterocycles. The van der Waals surface area contributed by atoms with E-state index < -0.39 is 0 Å². The van der Waals surface area contributed by atoms with E-state index in [4.69, 9.17) is 0 Å². The zero-order valence-corrected chi connectivity index (χ0v) is 10.5. The summed E-state index contributed by atoms with van der Waals surface area (Å²) >= 11 is 0. The van der Waals surface area contributed by atoms with Gasteiger partial charge in [0, 0.05) is 11.7 Å². The Morgan fingerprint density at radius 2 is 1.88 bits per heavy atom. The second-order valence-electron chi connectivity index (χ2n) is 4.38. The highest BCUT2D eigenvalue weighted by Crippen LogP contribution is 2.13. The number of rotatable bonds is 8. The monoisotopic (exact) mass is 239 g/mol. The first kappa shape index (κ1) is 14.0. The maximum Gasteiger partial charge on any atom is 0.123 e. The molecule has 3 heteroatoms. The zero-order valence-electron chi connectivity index (χ0n) is 10.5. The van der Waals surface area contributed by atoms with Gasteiger partial charge in [-0.25, -0.2) is 4.39 Å². The normalized spacial score (nSPS) is 12.4. The first-order valence-corrected chi connectivity index (χ1v) is 6.39. The maximum atomic E-state index is 12.7. The van der Waals surface area contributed by atoms with Gasteiger partial charge >= 0.3 is 0 Å². The summed E-state index contributed by atoms with van der Waals surface area (Å²) in [5.41, 5.74) is 0.862. The molecule has 0 aliphatic carbocycles. The number of benzene rings is 1. The molecule has 0 amide bonds. The lowest BCUT2D eigenvalue weighted by molar-refractivity contribution is 0.266. The highest BCUT2D eigenvalue weighted by atomic mass is 19.1. The number of nitrogens with one attached hydrogen (secondary N) is 1. The van der Waals surface area contributed by atoms with E-state index in [0.29, 0.717) is 0 Å². The summed E-state index contributed by atoms with van der Waals surface area (Å²) in [6, 6.07) is 6.31. The van der Waals surface area contributed by atoms with E-state index in [-0.39, 0.29) is 18.5 Å². The minimum atomic E-state index is -0.237. The minimum Gasteiger partial charge on any atom is -0.394 e. The standard InChI is InChI=1S/C14H22FNO/c1-2-3-4-5-6-14(11-17)16-13-9-7-12(15)8-10-13/h7-10,14,16-17H,2-6,11H2,1H3. The number of hydrogen-bond acceptors (Lipinski definition) is 2. The van der Waals surface area contributed by atoms with Gasteiger partial charge in [-0.15, -0.1) is 0 Å². The molecular weight excluding hydrogens is 217 g/mol. The quantitative estimate of drug-likeness (QED) is 0.680. The summed E-state index contributed by atoms with van der Waals surface area (Å²) in [7, 11) is 0. The predicted molar refractivity (Wildman–Crippen MR) is 69.7 cm³/mol. The Kier molecular flexibility index (Phi) is 6.63. The SMILES string of the molecule is CCCCCCC(CO)Nc1ccc(F)cc1. The van der Waals surface area contributed by atoms with Crippen LogP contribution in [0.1, 0.15) is 39.0 Å². The highest BCUT2D eigenvalue weighted by Gasteiger charge is 2.06. The molecule has 0 aliphatic rings. The number of aliphatic hydroxyl groups is 1. The van der Waals surface area contributed by atoms with Crippen molar-refractivity contribution >= 4 is 5.69 Å². The van der Waals surface area contributed by atoms with Crippen LogP contribution in [-0.4, -0.2) is 17.8 Å². The highest BCUT2D eigenvalue weighted by molar-refractivity contribution is 5.43. The van der Waals surface area contributed by atoms with Gasteiger partial charge in [-0.2, -0.15) is 0 Å². The molecule has 17 heavy (non-hydrogen) atoms. The lowest BCUT2D eigenvalue weighted by Crippen LogP contribution is -2.23. The molecule has 1 atom stereocenters. The molecule has 0 aliphatic heterocycles. The Bertz CT molecular complexity index is 300. The van der Waals surface area contributed by atoms with Crippen LogP contribution < -0.4 is 5.32 Å². The summed E-state index contributed by atoms with van der Waals surface area (Å²) in [5, 5.41) is 12.5. The second kappa shape index (κ2) is 8.07. The molecule has 0 spiro atoms. The summed E-state index contributed by atoms with van der Waals surface area (Å²) in [6.07, 6.45) is 5.74. The lowest BCUT2D eigenvalue weighted by atomic mass is 10.1. The van der Waals surface area contributed by atoms with Crippen molar-refractivity contribution in [1.29, 1.82) is 0 Å². The molecule has 2 nitrogen and oxygen atoms in total. The molecule has 0 bridgehead atoms. The molecule has 0 fully saturated rings. The van der Waals surface area contributed by atoms with E-state index in [1.54, 1.807) is 12.1 Å². The van der Waals surface area contributed by atoms with Crippen LogP contribution in [0.3, 0.4) is 0 Å². The van der Waals surface area contributed by atoms with Crippen LogP contribution >= 0.6 is 0 Å². The Hall–Kier alpha value is -1.09. The van der Waals surface area contributed by atoms with Gasteiger partial charge in [0.2, 0.25) is 0 Å². The van der Waals surface area contributed by atoms with Crippen molar-refractivity contribution in [2.75, 3.05) is 11.9 Å². The van der Waals surface area contributed by atoms with Crippen LogP contribution in [0.5, 0.6) is 0 Å². The molecule has 1 aromatic carbocycles. The Balaban J connectivity index is 2.33. The summed E-state index contributed by atoms with van der Waals surface area (Å²) in [4.78, 5) is 0. The van der Waals surface area contributed by atoms with Crippen LogP contribution in [0.25, 0.3) is 0 Å². The Morgan fingerprint density at radius 1 is 1.18 bits per heavy atom. The van der Waals surface area contributed by atoms with Gasteiger partial charge in [0.15, 0.2) is 0 Å². The van der Waals surface area contributed by atoms with Crippen molar-refractivity contribution in [2.24, 2.45) is 0 Å². The van der Waals surface area contributed by atoms with Crippen LogP contribution in [0.2, 0.25) is 0 Å². The van der Waals surface area contributed by atoms with Crippen LogP contribution in [-0.2, 0) is 0 Å². The fourth-order valence-electron chi connectivity index (χ4n) is 1.81. The molecule has 0 heterocycles. The van der Waals surface area contributed by atoms with E-state index in [1.165, 1.54) is 31.4 Å². The minimum absolute atomic E-state index is 0.0670. The molecule has 1 rings (SSSR count). The van der Waals surface area contributed by atoms with Gasteiger partial charge < -0.3 is 10.4 Å². The van der Waals surface area contributed by atoms with Gasteiger partial charge in [0.05, 0.1) is 6.61 Å². The average molecular weight is 239 g/mol. The van der Waals surface area contributed by atoms with Crippen molar-refractivity contribution in [3.8, 4) is 0 Å². The van der Waals surface area contributed by atoms with Crippen LogP contribution in [0.15, 0.2) is 24.3 Å². The summed E-state index contributed by atoms with van der Waals surface area (Å²) < 4.78 is 12.7. The molecule has 1 unspecified atom stereocenters. The molecule has 0 radical (unpaired) electrons. The van der Waals surface area contributed by atoms with Gasteiger partial charge in [-0.05, 0) is 30.7 Å². The molecule has 0 saturated heterocycles. The fraction of sp³-hybridized carbons (Fsp3) is 0.571. The molecule has 1 aromatic rings. The third-order valence-corrected chi connectivity index (χ3v) is 2.84. The topological polar surface area (TPSA) is 32.3 Å². The fourth-order valence-corrected chi connectivity index (χ4v) is 1.81. The van der Waals surface area contributed by atoms with E-state index in [9.17, 15) is 9.50 Å². The number of unbranched alkanes of at least 4 members (excludes halogenated alkanes) is 3. The molecular formula is C14H22FNO. The Labute approximate surface area is 103 Å². The number of halogens is 1. The first-order chi connectivity index (χ1) is 8.26. The number of aliphatic hydroxyl groups excluding tert-OH is 1. The van der Waals surface area contributed by atoms with E-state index >= 15 is 0 Å². The number of hydrogen-bond donors (Lipinski definition) is 2. The third-order valence-electron chi connectivity index (χ3n) is 2.84. The van der Waals surface area contributed by atoms with Crippen molar-refractivity contribution in [2.45, 2.75) is 45.1 Å². The van der Waals surface area contributed by atoms with E-state index in [1.807, 2.05) is 0 Å².